The number of nitrogens with one attached hydrogen (secondary N) is 2. The molecule has 2 aromatic heterocycles. The highest BCUT2D eigenvalue weighted by atomic mass is 16.5. The summed E-state index contributed by atoms with van der Waals surface area (Å²) in [7, 11) is 0. The van der Waals surface area contributed by atoms with Gasteiger partial charge in [-0.2, -0.15) is 0 Å². The van der Waals surface area contributed by atoms with Gasteiger partial charge in [0.15, 0.2) is 0 Å². The van der Waals surface area contributed by atoms with Gasteiger partial charge in [0.25, 0.3) is 0 Å². The van der Waals surface area contributed by atoms with Gasteiger partial charge in [-0.25, -0.2) is 9.59 Å². The van der Waals surface area contributed by atoms with E-state index in [4.69, 9.17) is 9.05 Å². The Morgan fingerprint density at radius 1 is 0.706 bits per heavy atom. The molecule has 174 valence electrons. The van der Waals surface area contributed by atoms with Crippen LogP contribution in [0.15, 0.2) is 65.2 Å². The molecule has 4 rings (SSSR count). The van der Waals surface area contributed by atoms with Gasteiger partial charge in [0.05, 0.1) is 0 Å². The Hall–Kier alpha value is -4.34. The maximum absolute atomic E-state index is 12.5. The molecule has 0 radical (unpaired) electrons. The molecule has 0 saturated carbocycles. The number of hydrogen-bond acceptors (Lipinski definition) is 6. The lowest BCUT2D eigenvalue weighted by atomic mass is 10.1. The third-order valence-corrected chi connectivity index (χ3v) is 5.54. The molecule has 0 atom stereocenters. The predicted octanol–water partition coefficient (Wildman–Crippen LogP) is 2.27. The molecule has 0 spiro atoms. The van der Waals surface area contributed by atoms with Crippen molar-refractivity contribution in [3.05, 3.63) is 90.9 Å². The van der Waals surface area contributed by atoms with E-state index in [1.807, 2.05) is 64.1 Å². The smallest absolute Gasteiger partial charge is 0.282 e. The predicted molar refractivity (Wildman–Crippen MR) is 125 cm³/mol. The van der Waals surface area contributed by atoms with Gasteiger partial charge in [0.1, 0.15) is 11.4 Å². The van der Waals surface area contributed by atoms with Crippen molar-refractivity contribution in [1.29, 1.82) is 0 Å². The molecule has 2 N–H and O–H groups in total. The molecule has 2 heterocycles. The number of nitrogens with zero attached hydrogens (tertiary/aromatic N) is 4. The molecule has 0 fully saturated rings. The molecular formula is C24H26N6O4+2. The summed E-state index contributed by atoms with van der Waals surface area (Å²) in [4.78, 5) is 24.9. The molecule has 0 saturated heterocycles. The zero-order valence-corrected chi connectivity index (χ0v) is 19.9. The number of benzene rings is 2. The van der Waals surface area contributed by atoms with Crippen molar-refractivity contribution >= 4 is 11.4 Å². The monoisotopic (exact) mass is 462 g/mol. The second kappa shape index (κ2) is 8.89. The number of H-pyrrole nitrogens is 2. The standard InChI is InChI=1S/C24H25N6O4/c1-13-7-9-15(3)19(11-13)29-21(23(31)33-27-29)17(5)25-26-18(6)22-24(32)34-28-30(22)20-12-14(2)8-10-16(20)4/h7-12,27H,1-6H3/q+1/p+1. The highest BCUT2D eigenvalue weighted by Gasteiger charge is 2.30. The molecule has 0 unspecified atom stereocenters. The fraction of sp³-hybridized carbons (Fsp3) is 0.250. The molecule has 0 aliphatic carbocycles. The summed E-state index contributed by atoms with van der Waals surface area (Å²) in [5.74, 6) is 0. The van der Waals surface area contributed by atoms with Crippen LogP contribution in [0.5, 0.6) is 0 Å². The number of hydrogen-bond donors (Lipinski definition) is 2. The van der Waals surface area contributed by atoms with E-state index in [1.54, 1.807) is 13.8 Å². The number of rotatable bonds is 5. The van der Waals surface area contributed by atoms with Gasteiger partial charge in [-0.3, -0.25) is 9.05 Å². The van der Waals surface area contributed by atoms with Gasteiger partial charge in [-0.15, -0.1) is 10.2 Å². The SMILES string of the molecule is C/C(=N\N=C(/C)c1c(=O)o[nH][n+]1-c1cc(C)ccc1C)c1c(=O)o[nH][n+]1-c1cc(C)ccc1C. The topological polar surface area (TPSA) is 124 Å². The summed E-state index contributed by atoms with van der Waals surface area (Å²) >= 11 is 0. The Bertz CT molecular complexity index is 1450. The summed E-state index contributed by atoms with van der Waals surface area (Å²) in [6.07, 6.45) is 0. The highest BCUT2D eigenvalue weighted by Crippen LogP contribution is 2.12. The Kier molecular flexibility index (Phi) is 5.97. The van der Waals surface area contributed by atoms with Gasteiger partial charge in [0.2, 0.25) is 11.4 Å². The summed E-state index contributed by atoms with van der Waals surface area (Å²) in [5.41, 5.74) is 5.33. The van der Waals surface area contributed by atoms with Crippen LogP contribution in [-0.2, 0) is 0 Å². The van der Waals surface area contributed by atoms with Crippen LogP contribution in [0.4, 0.5) is 0 Å². The summed E-state index contributed by atoms with van der Waals surface area (Å²) in [5, 5.41) is 13.7. The number of aromatic nitrogens is 4. The van der Waals surface area contributed by atoms with E-state index in [2.05, 4.69) is 20.7 Å². The largest absolute Gasteiger partial charge is 0.437 e. The molecule has 0 amide bonds. The molecule has 4 aromatic rings. The second-order valence-corrected chi connectivity index (χ2v) is 8.28. The minimum atomic E-state index is -0.582. The van der Waals surface area contributed by atoms with E-state index in [0.717, 1.165) is 33.6 Å². The molecule has 0 aliphatic rings. The molecule has 10 nitrogen and oxygen atoms in total. The van der Waals surface area contributed by atoms with Crippen LogP contribution in [0.25, 0.3) is 11.4 Å². The molecule has 0 bridgehead atoms. The lowest BCUT2D eigenvalue weighted by molar-refractivity contribution is -0.672. The Morgan fingerprint density at radius 2 is 1.09 bits per heavy atom. The van der Waals surface area contributed by atoms with Crippen molar-refractivity contribution in [1.82, 2.24) is 10.5 Å². The lowest BCUT2D eigenvalue weighted by Gasteiger charge is -2.00. The van der Waals surface area contributed by atoms with E-state index in [-0.39, 0.29) is 11.4 Å². The summed E-state index contributed by atoms with van der Waals surface area (Å²) in [6.45, 7) is 11.1. The average Bonchev–Trinajstić information content (AvgIpc) is 3.37. The Balaban J connectivity index is 1.78. The average molecular weight is 463 g/mol. The van der Waals surface area contributed by atoms with Crippen molar-refractivity contribution in [2.24, 2.45) is 10.2 Å². The van der Waals surface area contributed by atoms with Crippen LogP contribution in [-0.4, -0.2) is 22.0 Å². The van der Waals surface area contributed by atoms with Crippen LogP contribution in [0.3, 0.4) is 0 Å². The van der Waals surface area contributed by atoms with Crippen LogP contribution in [0.1, 0.15) is 47.5 Å². The van der Waals surface area contributed by atoms with Crippen LogP contribution in [0.2, 0.25) is 0 Å². The third kappa shape index (κ3) is 4.17. The third-order valence-electron chi connectivity index (χ3n) is 5.54. The van der Waals surface area contributed by atoms with E-state index >= 15 is 0 Å². The Labute approximate surface area is 194 Å². The molecule has 34 heavy (non-hydrogen) atoms. The van der Waals surface area contributed by atoms with Gasteiger partial charge >= 0.3 is 22.6 Å². The first kappa shape index (κ1) is 22.8. The quantitative estimate of drug-likeness (QED) is 0.268. The maximum Gasteiger partial charge on any atom is 0.437 e. The van der Waals surface area contributed by atoms with Gasteiger partial charge in [-0.05, 0) is 72.6 Å². The lowest BCUT2D eigenvalue weighted by Crippen LogP contribution is -2.42. The van der Waals surface area contributed by atoms with Crippen molar-refractivity contribution in [3.63, 3.8) is 0 Å². The molecular weight excluding hydrogens is 436 g/mol. The zero-order chi connectivity index (χ0) is 24.6. The normalized spacial score (nSPS) is 12.4. The number of aryl methyl sites for hydroxylation is 4. The first-order valence-corrected chi connectivity index (χ1v) is 10.7. The van der Waals surface area contributed by atoms with Gasteiger partial charge in [-0.1, -0.05) is 24.3 Å². The highest BCUT2D eigenvalue weighted by molar-refractivity contribution is 5.98. The van der Waals surface area contributed by atoms with Crippen LogP contribution in [0, 0.1) is 27.7 Å². The van der Waals surface area contributed by atoms with Crippen molar-refractivity contribution in [2.75, 3.05) is 0 Å². The molecule has 10 heteroatoms. The molecule has 2 aromatic carbocycles. The molecule has 0 aliphatic heterocycles. The Morgan fingerprint density at radius 3 is 1.47 bits per heavy atom. The first-order chi connectivity index (χ1) is 16.2. The first-order valence-electron chi connectivity index (χ1n) is 10.7. The summed E-state index contributed by atoms with van der Waals surface area (Å²) < 4.78 is 13.2. The van der Waals surface area contributed by atoms with E-state index in [1.165, 1.54) is 9.36 Å². The van der Waals surface area contributed by atoms with E-state index < -0.39 is 11.3 Å². The number of aromatic amines is 2. The van der Waals surface area contributed by atoms with E-state index in [9.17, 15) is 9.59 Å². The van der Waals surface area contributed by atoms with E-state index in [0.29, 0.717) is 11.4 Å². The van der Waals surface area contributed by atoms with Gasteiger partial charge in [0, 0.05) is 23.3 Å². The van der Waals surface area contributed by atoms with Gasteiger partial charge < -0.3 is 0 Å². The van der Waals surface area contributed by atoms with Crippen LogP contribution >= 0.6 is 0 Å². The fourth-order valence-corrected chi connectivity index (χ4v) is 3.67. The minimum Gasteiger partial charge on any atom is -0.282 e. The van der Waals surface area contributed by atoms with Crippen molar-refractivity contribution in [2.45, 2.75) is 41.5 Å². The maximum atomic E-state index is 12.5. The second-order valence-electron chi connectivity index (χ2n) is 8.28. The van der Waals surface area contributed by atoms with Crippen molar-refractivity contribution < 1.29 is 18.4 Å². The minimum absolute atomic E-state index is 0.203. The van der Waals surface area contributed by atoms with Crippen LogP contribution < -0.4 is 20.6 Å². The van der Waals surface area contributed by atoms with Crippen molar-refractivity contribution in [3.8, 4) is 11.4 Å². The zero-order valence-electron chi connectivity index (χ0n) is 19.9. The fourth-order valence-electron chi connectivity index (χ4n) is 3.67. The summed E-state index contributed by atoms with van der Waals surface area (Å²) in [6, 6.07) is 11.8.